The number of thioether (sulfide) groups is 2. The molecule has 0 spiro atoms. The van der Waals surface area contributed by atoms with Crippen LogP contribution in [0.5, 0.6) is 0 Å². The molecule has 1 heterocycles. The zero-order valence-electron chi connectivity index (χ0n) is 10.3. The zero-order chi connectivity index (χ0) is 12.4. The van der Waals surface area contributed by atoms with Gasteiger partial charge in [-0.05, 0) is 36.1 Å². The predicted octanol–water partition coefficient (Wildman–Crippen LogP) is 3.87. The molecule has 1 N–H and O–H groups in total. The monoisotopic (exact) mass is 343 g/mol. The van der Waals surface area contributed by atoms with Gasteiger partial charge in [0.1, 0.15) is 0 Å². The van der Waals surface area contributed by atoms with Gasteiger partial charge in [0.2, 0.25) is 0 Å². The van der Waals surface area contributed by atoms with Gasteiger partial charge in [-0.2, -0.15) is 23.5 Å². The first-order valence-electron chi connectivity index (χ1n) is 6.54. The maximum atomic E-state index is 3.78. The quantitative estimate of drug-likeness (QED) is 0.894. The molecule has 1 aromatic carbocycles. The van der Waals surface area contributed by atoms with Crippen molar-refractivity contribution in [3.05, 3.63) is 33.8 Å². The SMILES string of the molecule is Brc1ccc2c(c1)CCC2NCC1CSCCS1. The summed E-state index contributed by atoms with van der Waals surface area (Å²) in [7, 11) is 0. The molecule has 0 bridgehead atoms. The second-order valence-corrected chi connectivity index (χ2v) is 8.38. The minimum absolute atomic E-state index is 0.584. The molecule has 0 amide bonds. The summed E-state index contributed by atoms with van der Waals surface area (Å²) in [5, 5.41) is 4.59. The number of aryl methyl sites for hydroxylation is 1. The molecule has 1 aliphatic heterocycles. The highest BCUT2D eigenvalue weighted by Crippen LogP contribution is 2.33. The highest BCUT2D eigenvalue weighted by molar-refractivity contribution is 9.10. The third kappa shape index (κ3) is 3.09. The number of rotatable bonds is 3. The van der Waals surface area contributed by atoms with Gasteiger partial charge in [-0.25, -0.2) is 0 Å². The molecule has 1 nitrogen and oxygen atoms in total. The van der Waals surface area contributed by atoms with Crippen LogP contribution in [0.25, 0.3) is 0 Å². The summed E-state index contributed by atoms with van der Waals surface area (Å²) in [6.45, 7) is 1.16. The lowest BCUT2D eigenvalue weighted by Crippen LogP contribution is -2.31. The van der Waals surface area contributed by atoms with E-state index in [1.54, 1.807) is 0 Å². The maximum absolute atomic E-state index is 3.78. The second-order valence-electron chi connectivity index (χ2n) is 4.91. The molecule has 2 unspecified atom stereocenters. The molecule has 1 fully saturated rings. The number of halogens is 1. The third-order valence-corrected chi connectivity index (χ3v) is 7.00. The molecule has 98 valence electrons. The minimum Gasteiger partial charge on any atom is -0.309 e. The standard InChI is InChI=1S/C14H18BrNS2/c15-11-2-3-13-10(7-11)1-4-14(13)16-8-12-9-17-5-6-18-12/h2-3,7,12,14,16H,1,4-6,8-9H2. The Hall–Kier alpha value is 0.360. The molecule has 0 saturated carbocycles. The van der Waals surface area contributed by atoms with Gasteiger partial charge in [-0.1, -0.05) is 22.0 Å². The molecule has 3 rings (SSSR count). The molecule has 0 radical (unpaired) electrons. The summed E-state index contributed by atoms with van der Waals surface area (Å²) in [6, 6.07) is 7.32. The number of nitrogens with one attached hydrogen (secondary N) is 1. The molecule has 2 atom stereocenters. The summed E-state index contributed by atoms with van der Waals surface area (Å²) in [5.74, 6) is 3.98. The van der Waals surface area contributed by atoms with Gasteiger partial charge in [0.05, 0.1) is 0 Å². The summed E-state index contributed by atoms with van der Waals surface area (Å²) in [4.78, 5) is 0. The summed E-state index contributed by atoms with van der Waals surface area (Å²) in [6.07, 6.45) is 2.48. The highest BCUT2D eigenvalue weighted by Gasteiger charge is 2.23. The van der Waals surface area contributed by atoms with Crippen LogP contribution < -0.4 is 5.32 Å². The second kappa shape index (κ2) is 6.21. The Labute approximate surface area is 126 Å². The maximum Gasteiger partial charge on any atom is 0.0326 e. The normalized spacial score (nSPS) is 27.2. The third-order valence-electron chi connectivity index (χ3n) is 3.66. The van der Waals surface area contributed by atoms with E-state index in [2.05, 4.69) is 63.0 Å². The Morgan fingerprint density at radius 3 is 3.11 bits per heavy atom. The van der Waals surface area contributed by atoms with Crippen LogP contribution in [0, 0.1) is 0 Å². The Kier molecular flexibility index (Phi) is 4.60. The van der Waals surface area contributed by atoms with Crippen LogP contribution >= 0.6 is 39.5 Å². The highest BCUT2D eigenvalue weighted by atomic mass is 79.9. The van der Waals surface area contributed by atoms with Gasteiger partial charge < -0.3 is 5.32 Å². The van der Waals surface area contributed by atoms with Gasteiger partial charge in [-0.3, -0.25) is 0 Å². The largest absolute Gasteiger partial charge is 0.309 e. The Morgan fingerprint density at radius 2 is 2.28 bits per heavy atom. The van der Waals surface area contributed by atoms with Gasteiger partial charge in [0.15, 0.2) is 0 Å². The number of benzene rings is 1. The fourth-order valence-corrected chi connectivity index (χ4v) is 5.76. The molecule has 4 heteroatoms. The van der Waals surface area contributed by atoms with Crippen LogP contribution in [0.15, 0.2) is 22.7 Å². The molecular formula is C14H18BrNS2. The lowest BCUT2D eigenvalue weighted by molar-refractivity contribution is 0.534. The van der Waals surface area contributed by atoms with E-state index in [4.69, 9.17) is 0 Å². The number of fused-ring (bicyclic) bond motifs is 1. The van der Waals surface area contributed by atoms with Gasteiger partial charge >= 0.3 is 0 Å². The first-order valence-corrected chi connectivity index (χ1v) is 9.53. The molecule has 1 aliphatic carbocycles. The average Bonchev–Trinajstić information content (AvgIpc) is 2.80. The Morgan fingerprint density at radius 1 is 1.33 bits per heavy atom. The van der Waals surface area contributed by atoms with Crippen molar-refractivity contribution >= 4 is 39.5 Å². The lowest BCUT2D eigenvalue weighted by atomic mass is 10.1. The van der Waals surface area contributed by atoms with Crippen LogP contribution in [0.2, 0.25) is 0 Å². The topological polar surface area (TPSA) is 12.0 Å². The van der Waals surface area contributed by atoms with E-state index in [1.165, 1.54) is 45.7 Å². The smallest absolute Gasteiger partial charge is 0.0326 e. The van der Waals surface area contributed by atoms with E-state index >= 15 is 0 Å². The van der Waals surface area contributed by atoms with Crippen molar-refractivity contribution in [1.29, 1.82) is 0 Å². The van der Waals surface area contributed by atoms with Crippen LogP contribution in [-0.2, 0) is 6.42 Å². The van der Waals surface area contributed by atoms with Crippen LogP contribution in [0.4, 0.5) is 0 Å². The fraction of sp³-hybridized carbons (Fsp3) is 0.571. The van der Waals surface area contributed by atoms with Crippen molar-refractivity contribution in [1.82, 2.24) is 5.32 Å². The van der Waals surface area contributed by atoms with E-state index in [9.17, 15) is 0 Å². The van der Waals surface area contributed by atoms with Crippen molar-refractivity contribution < 1.29 is 0 Å². The van der Waals surface area contributed by atoms with E-state index in [1.807, 2.05) is 0 Å². The van der Waals surface area contributed by atoms with E-state index < -0.39 is 0 Å². The molecule has 1 saturated heterocycles. The fourth-order valence-electron chi connectivity index (χ4n) is 2.73. The van der Waals surface area contributed by atoms with Crippen molar-refractivity contribution in [2.24, 2.45) is 0 Å². The van der Waals surface area contributed by atoms with Crippen LogP contribution in [0.3, 0.4) is 0 Å². The van der Waals surface area contributed by atoms with Gasteiger partial charge in [0, 0.05) is 39.6 Å². The number of hydrogen-bond acceptors (Lipinski definition) is 3. The first-order chi connectivity index (χ1) is 8.83. The summed E-state index contributed by atoms with van der Waals surface area (Å²) >= 11 is 7.81. The minimum atomic E-state index is 0.584. The van der Waals surface area contributed by atoms with Crippen LogP contribution in [-0.4, -0.2) is 29.1 Å². The van der Waals surface area contributed by atoms with Crippen molar-refractivity contribution in [2.75, 3.05) is 23.8 Å². The molecule has 1 aromatic rings. The summed E-state index contributed by atoms with van der Waals surface area (Å²) in [5.41, 5.74) is 3.04. The molecule has 18 heavy (non-hydrogen) atoms. The predicted molar refractivity (Wildman–Crippen MR) is 86.8 cm³/mol. The Bertz CT molecular complexity index is 418. The van der Waals surface area contributed by atoms with Gasteiger partial charge in [-0.15, -0.1) is 0 Å². The van der Waals surface area contributed by atoms with Crippen molar-refractivity contribution in [3.8, 4) is 0 Å². The molecule has 0 aromatic heterocycles. The van der Waals surface area contributed by atoms with Gasteiger partial charge in [0.25, 0.3) is 0 Å². The number of hydrogen-bond donors (Lipinski definition) is 1. The zero-order valence-corrected chi connectivity index (χ0v) is 13.5. The van der Waals surface area contributed by atoms with Crippen LogP contribution in [0.1, 0.15) is 23.6 Å². The Balaban J connectivity index is 1.59. The van der Waals surface area contributed by atoms with Crippen molar-refractivity contribution in [3.63, 3.8) is 0 Å². The van der Waals surface area contributed by atoms with Crippen molar-refractivity contribution in [2.45, 2.75) is 24.1 Å². The van der Waals surface area contributed by atoms with E-state index in [0.717, 1.165) is 11.8 Å². The molecular weight excluding hydrogens is 326 g/mol. The lowest BCUT2D eigenvalue weighted by Gasteiger charge is -2.23. The van der Waals surface area contributed by atoms with E-state index in [0.29, 0.717) is 6.04 Å². The molecule has 2 aliphatic rings. The average molecular weight is 344 g/mol. The van der Waals surface area contributed by atoms with E-state index in [-0.39, 0.29) is 0 Å². The summed E-state index contributed by atoms with van der Waals surface area (Å²) < 4.78 is 1.21. The first kappa shape index (κ1) is 13.3.